The number of esters is 1. The topological polar surface area (TPSA) is 80.9 Å². The van der Waals surface area contributed by atoms with Crippen molar-refractivity contribution < 1.29 is 18.7 Å². The van der Waals surface area contributed by atoms with Crippen molar-refractivity contribution in [2.45, 2.75) is 0 Å². The van der Waals surface area contributed by atoms with E-state index < -0.39 is 5.97 Å². The van der Waals surface area contributed by atoms with Crippen molar-refractivity contribution in [2.24, 2.45) is 5.10 Å². The lowest BCUT2D eigenvalue weighted by Crippen LogP contribution is -2.17. The summed E-state index contributed by atoms with van der Waals surface area (Å²) in [5, 5.41) is 3.89. The molecule has 0 aliphatic rings. The Morgan fingerprint density at radius 2 is 1.69 bits per heavy atom. The summed E-state index contributed by atoms with van der Waals surface area (Å²) >= 11 is 0. The minimum absolute atomic E-state index is 0.299. The summed E-state index contributed by atoms with van der Waals surface area (Å²) in [5.74, 6) is 0.424. The molecule has 0 unspecified atom stereocenters. The number of ether oxygens (including phenoxy) is 1. The van der Waals surface area contributed by atoms with Crippen LogP contribution in [0.15, 0.2) is 76.2 Å². The van der Waals surface area contributed by atoms with Crippen LogP contribution in [0.1, 0.15) is 26.5 Å². The number of hydrogen-bond donors (Lipinski definition) is 1. The predicted octanol–water partition coefficient (Wildman–Crippen LogP) is 3.50. The third-order valence-electron chi connectivity index (χ3n) is 3.61. The molecule has 0 bridgehead atoms. The monoisotopic (exact) mass is 348 g/mol. The molecule has 1 amide bonds. The molecule has 130 valence electrons. The highest BCUT2D eigenvalue weighted by molar-refractivity contribution is 5.94. The molecule has 0 saturated carbocycles. The van der Waals surface area contributed by atoms with Crippen LogP contribution >= 0.6 is 0 Å². The highest BCUT2D eigenvalue weighted by Crippen LogP contribution is 2.22. The second-order valence-corrected chi connectivity index (χ2v) is 5.34. The minimum atomic E-state index is -0.391. The molecule has 0 aliphatic heterocycles. The molecule has 0 atom stereocenters. The molecular weight excluding hydrogens is 332 g/mol. The Bertz CT molecular complexity index is 928. The number of rotatable bonds is 5. The first kappa shape index (κ1) is 17.2. The van der Waals surface area contributed by atoms with Crippen molar-refractivity contribution in [3.8, 4) is 11.3 Å². The van der Waals surface area contributed by atoms with E-state index in [4.69, 9.17) is 4.42 Å². The van der Waals surface area contributed by atoms with Gasteiger partial charge in [0, 0.05) is 11.1 Å². The van der Waals surface area contributed by atoms with Crippen molar-refractivity contribution in [1.82, 2.24) is 5.43 Å². The molecule has 1 heterocycles. The van der Waals surface area contributed by atoms with Crippen LogP contribution in [-0.2, 0) is 4.74 Å². The Hall–Kier alpha value is -3.67. The fraction of sp³-hybridized carbons (Fsp3) is 0.0500. The zero-order chi connectivity index (χ0) is 18.4. The lowest BCUT2D eigenvalue weighted by Gasteiger charge is -2.00. The number of benzene rings is 2. The summed E-state index contributed by atoms with van der Waals surface area (Å²) in [5.41, 5.74) is 4.24. The summed E-state index contributed by atoms with van der Waals surface area (Å²) in [6.45, 7) is 0. The number of carbonyl (C=O) groups is 2. The molecule has 6 heteroatoms. The van der Waals surface area contributed by atoms with Gasteiger partial charge in [-0.25, -0.2) is 10.2 Å². The Balaban J connectivity index is 1.64. The summed E-state index contributed by atoms with van der Waals surface area (Å²) in [4.78, 5) is 23.3. The molecule has 3 rings (SSSR count). The molecule has 0 aliphatic carbocycles. The highest BCUT2D eigenvalue weighted by Gasteiger charge is 2.08. The Kier molecular flexibility index (Phi) is 5.24. The van der Waals surface area contributed by atoms with Gasteiger partial charge in [-0.05, 0) is 36.4 Å². The first-order chi connectivity index (χ1) is 12.7. The standard InChI is InChI=1S/C20H16N2O4/c1-25-20(24)16-9-7-14(8-10-16)18-12-11-17(26-18)13-21-22-19(23)15-5-3-2-4-6-15/h2-13H,1H3,(H,22,23)/b21-13-. The van der Waals surface area contributed by atoms with Crippen LogP contribution in [-0.4, -0.2) is 25.2 Å². The summed E-state index contributed by atoms with van der Waals surface area (Å²) in [7, 11) is 1.34. The van der Waals surface area contributed by atoms with Gasteiger partial charge in [0.25, 0.3) is 5.91 Å². The van der Waals surface area contributed by atoms with E-state index in [0.29, 0.717) is 22.6 Å². The second-order valence-electron chi connectivity index (χ2n) is 5.34. The molecule has 0 fully saturated rings. The average Bonchev–Trinajstić information content (AvgIpc) is 3.17. The van der Waals surface area contributed by atoms with Crippen molar-refractivity contribution in [3.05, 3.63) is 83.6 Å². The van der Waals surface area contributed by atoms with E-state index in [1.807, 2.05) is 6.07 Å². The quantitative estimate of drug-likeness (QED) is 0.435. The molecule has 0 radical (unpaired) electrons. The Labute approximate surface area is 150 Å². The van der Waals surface area contributed by atoms with Crippen LogP contribution in [0.4, 0.5) is 0 Å². The van der Waals surface area contributed by atoms with Crippen LogP contribution in [0.5, 0.6) is 0 Å². The van der Waals surface area contributed by atoms with Crippen LogP contribution in [0.3, 0.4) is 0 Å². The van der Waals surface area contributed by atoms with E-state index >= 15 is 0 Å². The number of amides is 1. The normalized spacial score (nSPS) is 10.7. The van der Waals surface area contributed by atoms with E-state index in [-0.39, 0.29) is 5.91 Å². The molecule has 26 heavy (non-hydrogen) atoms. The van der Waals surface area contributed by atoms with Crippen LogP contribution in [0.25, 0.3) is 11.3 Å². The van der Waals surface area contributed by atoms with Gasteiger partial charge in [0.1, 0.15) is 11.5 Å². The maximum Gasteiger partial charge on any atom is 0.337 e. The zero-order valence-corrected chi connectivity index (χ0v) is 14.0. The second kappa shape index (κ2) is 7.94. The van der Waals surface area contributed by atoms with Gasteiger partial charge in [-0.15, -0.1) is 0 Å². The maximum atomic E-state index is 11.9. The van der Waals surface area contributed by atoms with Crippen molar-refractivity contribution in [2.75, 3.05) is 7.11 Å². The van der Waals surface area contributed by atoms with Crippen LogP contribution < -0.4 is 5.43 Å². The van der Waals surface area contributed by atoms with Crippen molar-refractivity contribution in [3.63, 3.8) is 0 Å². The van der Waals surface area contributed by atoms with Crippen LogP contribution in [0.2, 0.25) is 0 Å². The fourth-order valence-corrected chi connectivity index (χ4v) is 2.27. The van der Waals surface area contributed by atoms with Gasteiger partial charge in [-0.3, -0.25) is 4.79 Å². The van der Waals surface area contributed by atoms with Crippen LogP contribution in [0, 0.1) is 0 Å². The van der Waals surface area contributed by atoms with Gasteiger partial charge < -0.3 is 9.15 Å². The van der Waals surface area contributed by atoms with E-state index in [9.17, 15) is 9.59 Å². The number of nitrogens with zero attached hydrogens (tertiary/aromatic N) is 1. The van der Waals surface area contributed by atoms with Gasteiger partial charge in [0.05, 0.1) is 18.9 Å². The molecular formula is C20H16N2O4. The number of methoxy groups -OCH3 is 1. The third kappa shape index (κ3) is 4.05. The zero-order valence-electron chi connectivity index (χ0n) is 14.0. The van der Waals surface area contributed by atoms with Gasteiger partial charge >= 0.3 is 5.97 Å². The van der Waals surface area contributed by atoms with Gasteiger partial charge in [0.2, 0.25) is 0 Å². The van der Waals surface area contributed by atoms with E-state index in [0.717, 1.165) is 5.56 Å². The van der Waals surface area contributed by atoms with Gasteiger partial charge in [-0.2, -0.15) is 5.10 Å². The molecule has 1 aromatic heterocycles. The first-order valence-electron chi connectivity index (χ1n) is 7.84. The van der Waals surface area contributed by atoms with Crippen molar-refractivity contribution >= 4 is 18.1 Å². The van der Waals surface area contributed by atoms with E-state index in [1.165, 1.54) is 13.3 Å². The number of hydrogen-bond acceptors (Lipinski definition) is 5. The smallest absolute Gasteiger partial charge is 0.337 e. The molecule has 0 spiro atoms. The SMILES string of the molecule is COC(=O)c1ccc(-c2ccc(/C=N\NC(=O)c3ccccc3)o2)cc1. The summed E-state index contributed by atoms with van der Waals surface area (Å²) in [6.07, 6.45) is 1.42. The maximum absolute atomic E-state index is 11.9. The van der Waals surface area contributed by atoms with Gasteiger partial charge in [-0.1, -0.05) is 30.3 Å². The third-order valence-corrected chi connectivity index (χ3v) is 3.61. The lowest BCUT2D eigenvalue weighted by atomic mass is 10.1. The van der Waals surface area contributed by atoms with E-state index in [2.05, 4.69) is 15.3 Å². The average molecular weight is 348 g/mol. The van der Waals surface area contributed by atoms with Crippen molar-refractivity contribution in [1.29, 1.82) is 0 Å². The van der Waals surface area contributed by atoms with E-state index in [1.54, 1.807) is 60.7 Å². The number of furan rings is 1. The predicted molar refractivity (Wildman–Crippen MR) is 97.0 cm³/mol. The Morgan fingerprint density at radius 3 is 2.38 bits per heavy atom. The number of nitrogens with one attached hydrogen (secondary N) is 1. The molecule has 1 N–H and O–H groups in total. The molecule has 6 nitrogen and oxygen atoms in total. The Morgan fingerprint density at radius 1 is 0.962 bits per heavy atom. The molecule has 0 saturated heterocycles. The fourth-order valence-electron chi connectivity index (χ4n) is 2.27. The summed E-state index contributed by atoms with van der Waals surface area (Å²) < 4.78 is 10.3. The highest BCUT2D eigenvalue weighted by atomic mass is 16.5. The number of hydrazone groups is 1. The number of carbonyl (C=O) groups excluding carboxylic acids is 2. The minimum Gasteiger partial charge on any atom is -0.465 e. The molecule has 2 aromatic carbocycles. The summed E-state index contributed by atoms with van der Waals surface area (Å²) in [6, 6.07) is 19.2. The first-order valence-corrected chi connectivity index (χ1v) is 7.84. The molecule has 3 aromatic rings. The lowest BCUT2D eigenvalue weighted by molar-refractivity contribution is 0.0600. The van der Waals surface area contributed by atoms with Gasteiger partial charge in [0.15, 0.2) is 0 Å². The largest absolute Gasteiger partial charge is 0.465 e.